The largest absolute Gasteiger partial charge is 0.395 e. The summed E-state index contributed by atoms with van der Waals surface area (Å²) < 4.78 is 11.9. The Bertz CT molecular complexity index is 528. The zero-order chi connectivity index (χ0) is 20.3. The van der Waals surface area contributed by atoms with Crippen molar-refractivity contribution >= 4 is 5.91 Å². The van der Waals surface area contributed by atoms with E-state index in [1.807, 2.05) is 0 Å². The summed E-state index contributed by atoms with van der Waals surface area (Å²) in [6.07, 6.45) is 1.73. The topological polar surface area (TPSA) is 172 Å². The van der Waals surface area contributed by atoms with Crippen LogP contribution >= 0.6 is 0 Å². The van der Waals surface area contributed by atoms with Crippen LogP contribution in [0.4, 0.5) is 0 Å². The highest BCUT2D eigenvalue weighted by molar-refractivity contribution is 5.89. The molecule has 3 rings (SSSR count). The molecule has 0 radical (unpaired) electrons. The third kappa shape index (κ3) is 5.19. The second-order valence-corrected chi connectivity index (χ2v) is 8.25. The van der Waals surface area contributed by atoms with Gasteiger partial charge in [-0.05, 0) is 32.1 Å². The van der Waals surface area contributed by atoms with Crippen molar-refractivity contribution < 1.29 is 29.6 Å². The minimum absolute atomic E-state index is 0.00205. The summed E-state index contributed by atoms with van der Waals surface area (Å²) in [5.74, 6) is -0.502. The molecule has 2 saturated carbocycles. The van der Waals surface area contributed by atoms with Gasteiger partial charge in [-0.15, -0.1) is 0 Å². The van der Waals surface area contributed by atoms with Crippen LogP contribution in [-0.4, -0.2) is 89.3 Å². The van der Waals surface area contributed by atoms with Crippen molar-refractivity contribution in [1.29, 1.82) is 0 Å². The maximum atomic E-state index is 12.1. The Morgan fingerprint density at radius 3 is 2.68 bits per heavy atom. The van der Waals surface area contributed by atoms with Gasteiger partial charge >= 0.3 is 0 Å². The van der Waals surface area contributed by atoms with Crippen LogP contribution in [0.5, 0.6) is 0 Å². The van der Waals surface area contributed by atoms with Crippen LogP contribution in [-0.2, 0) is 14.3 Å². The number of aliphatic hydroxyl groups is 3. The van der Waals surface area contributed by atoms with Crippen molar-refractivity contribution in [3.8, 4) is 0 Å². The molecule has 0 aromatic carbocycles. The Kier molecular flexibility index (Phi) is 7.26. The first-order valence-electron chi connectivity index (χ1n) is 10.2. The number of nitrogens with two attached hydrogens (primary N) is 2. The van der Waals surface area contributed by atoms with Gasteiger partial charge in [-0.25, -0.2) is 0 Å². The molecule has 1 aliphatic heterocycles. The quantitative estimate of drug-likeness (QED) is 0.213. The standard InChI is InChI=1S/C18H34N4O6/c19-12-6-10(22-17(25)18(26)8-14(18)20)7-13(24)16(12)28-15-3-1-2-11(27-15)9-21-4-5-23/h10-16,21,23-24,26H,1-9,19-20H2,(H,22,25)/t10?,11?,12?,13?,14?,15-,16-,18?/m1/s1. The average molecular weight is 402 g/mol. The summed E-state index contributed by atoms with van der Waals surface area (Å²) in [6, 6.07) is -1.33. The van der Waals surface area contributed by atoms with E-state index in [-0.39, 0.29) is 25.2 Å². The number of nitrogens with one attached hydrogen (secondary N) is 2. The number of ether oxygens (including phenoxy) is 2. The normalized spacial score (nSPS) is 43.5. The second kappa shape index (κ2) is 9.31. The van der Waals surface area contributed by atoms with Crippen molar-refractivity contribution in [2.75, 3.05) is 19.7 Å². The molecule has 0 bridgehead atoms. The lowest BCUT2D eigenvalue weighted by molar-refractivity contribution is -0.237. The lowest BCUT2D eigenvalue weighted by Crippen LogP contribution is -2.58. The molecule has 1 saturated heterocycles. The number of hydrogen-bond acceptors (Lipinski definition) is 9. The van der Waals surface area contributed by atoms with Crippen LogP contribution in [0.3, 0.4) is 0 Å². The van der Waals surface area contributed by atoms with Crippen molar-refractivity contribution in [3.05, 3.63) is 0 Å². The van der Waals surface area contributed by atoms with E-state index in [0.29, 0.717) is 25.9 Å². The monoisotopic (exact) mass is 402 g/mol. The van der Waals surface area contributed by atoms with E-state index < -0.39 is 42.1 Å². The summed E-state index contributed by atoms with van der Waals surface area (Å²) >= 11 is 0. The molecule has 28 heavy (non-hydrogen) atoms. The van der Waals surface area contributed by atoms with E-state index >= 15 is 0 Å². The Hall–Kier alpha value is -0.850. The van der Waals surface area contributed by atoms with Crippen molar-refractivity contribution in [2.45, 2.75) is 86.9 Å². The Morgan fingerprint density at radius 1 is 1.29 bits per heavy atom. The van der Waals surface area contributed by atoms with Crippen LogP contribution in [0, 0.1) is 0 Å². The lowest BCUT2D eigenvalue weighted by atomic mass is 9.86. The number of hydrogen-bond donors (Lipinski definition) is 7. The van der Waals surface area contributed by atoms with Gasteiger partial charge < -0.3 is 46.9 Å². The smallest absolute Gasteiger partial charge is 0.253 e. The van der Waals surface area contributed by atoms with Crippen molar-refractivity contribution in [1.82, 2.24) is 10.6 Å². The zero-order valence-electron chi connectivity index (χ0n) is 16.1. The first-order chi connectivity index (χ1) is 13.3. The molecule has 2 aliphatic carbocycles. The first kappa shape index (κ1) is 21.8. The summed E-state index contributed by atoms with van der Waals surface area (Å²) in [4.78, 5) is 12.1. The highest BCUT2D eigenvalue weighted by Crippen LogP contribution is 2.35. The molecular formula is C18H34N4O6. The third-order valence-corrected chi connectivity index (χ3v) is 5.88. The minimum Gasteiger partial charge on any atom is -0.395 e. The second-order valence-electron chi connectivity index (χ2n) is 8.25. The summed E-state index contributed by atoms with van der Waals surface area (Å²) in [7, 11) is 0. The van der Waals surface area contributed by atoms with Crippen molar-refractivity contribution in [2.24, 2.45) is 11.5 Å². The van der Waals surface area contributed by atoms with Gasteiger partial charge in [0.25, 0.3) is 5.91 Å². The Labute approximate surface area is 164 Å². The third-order valence-electron chi connectivity index (χ3n) is 5.88. The molecule has 10 nitrogen and oxygen atoms in total. The van der Waals surface area contributed by atoms with Crippen LogP contribution in [0.15, 0.2) is 0 Å². The van der Waals surface area contributed by atoms with Crippen molar-refractivity contribution in [3.63, 3.8) is 0 Å². The molecule has 0 aromatic heterocycles. The maximum absolute atomic E-state index is 12.1. The fraction of sp³-hybridized carbons (Fsp3) is 0.944. The van der Waals surface area contributed by atoms with Gasteiger partial charge in [-0.2, -0.15) is 0 Å². The van der Waals surface area contributed by atoms with E-state index in [0.717, 1.165) is 19.3 Å². The first-order valence-corrected chi connectivity index (χ1v) is 10.2. The predicted molar refractivity (Wildman–Crippen MR) is 100 cm³/mol. The van der Waals surface area contributed by atoms with Gasteiger partial charge in [0.1, 0.15) is 6.10 Å². The van der Waals surface area contributed by atoms with E-state index in [1.54, 1.807) is 0 Å². The summed E-state index contributed by atoms with van der Waals surface area (Å²) in [6.45, 7) is 1.24. The summed E-state index contributed by atoms with van der Waals surface area (Å²) in [5, 5.41) is 35.2. The van der Waals surface area contributed by atoms with E-state index in [2.05, 4.69) is 10.6 Å². The molecule has 0 spiro atoms. The average Bonchev–Trinajstić information content (AvgIpc) is 3.27. The number of aliphatic hydroxyl groups excluding tert-OH is 2. The van der Waals surface area contributed by atoms with E-state index in [1.165, 1.54) is 0 Å². The highest BCUT2D eigenvalue weighted by Gasteiger charge is 2.57. The number of amides is 1. The highest BCUT2D eigenvalue weighted by atomic mass is 16.7. The molecule has 1 amide bonds. The molecule has 8 atom stereocenters. The molecule has 3 fully saturated rings. The van der Waals surface area contributed by atoms with Crippen LogP contribution in [0.2, 0.25) is 0 Å². The van der Waals surface area contributed by atoms with Crippen LogP contribution in [0.1, 0.15) is 38.5 Å². The summed E-state index contributed by atoms with van der Waals surface area (Å²) in [5.41, 5.74) is 10.3. The van der Waals surface area contributed by atoms with Gasteiger partial charge in [-0.1, -0.05) is 0 Å². The van der Waals surface area contributed by atoms with E-state index in [4.69, 9.17) is 26.0 Å². The fourth-order valence-corrected chi connectivity index (χ4v) is 4.06. The zero-order valence-corrected chi connectivity index (χ0v) is 16.1. The fourth-order valence-electron chi connectivity index (χ4n) is 4.06. The number of carbonyl (C=O) groups excluding carboxylic acids is 1. The van der Waals surface area contributed by atoms with Gasteiger partial charge in [-0.3, -0.25) is 4.79 Å². The number of rotatable bonds is 8. The minimum atomic E-state index is -1.49. The van der Waals surface area contributed by atoms with E-state index in [9.17, 15) is 15.0 Å². The Morgan fingerprint density at radius 2 is 2.04 bits per heavy atom. The molecule has 10 heteroatoms. The van der Waals surface area contributed by atoms with Crippen LogP contribution in [0.25, 0.3) is 0 Å². The van der Waals surface area contributed by atoms with Gasteiger partial charge in [0.05, 0.1) is 18.8 Å². The molecule has 3 aliphatic rings. The van der Waals surface area contributed by atoms with Gasteiger partial charge in [0.2, 0.25) is 0 Å². The lowest BCUT2D eigenvalue weighted by Gasteiger charge is -2.41. The molecule has 0 aromatic rings. The Balaban J connectivity index is 1.46. The maximum Gasteiger partial charge on any atom is 0.253 e. The molecule has 6 unspecified atom stereocenters. The SMILES string of the molecule is NC1CC(NC(=O)C2(O)CC2N)CC(O)[C@@H]1O[C@@H]1CCCC(CNCCO)O1. The van der Waals surface area contributed by atoms with Crippen LogP contribution < -0.4 is 22.1 Å². The van der Waals surface area contributed by atoms with Gasteiger partial charge in [0.15, 0.2) is 11.9 Å². The molecule has 1 heterocycles. The van der Waals surface area contributed by atoms with Gasteiger partial charge in [0, 0.05) is 37.6 Å². The number of carbonyl (C=O) groups is 1. The predicted octanol–water partition coefficient (Wildman–Crippen LogP) is -2.72. The molecular weight excluding hydrogens is 368 g/mol. The molecule has 162 valence electrons. The molecule has 9 N–H and O–H groups in total.